The number of fused-ring (bicyclic) bond motifs is 1. The van der Waals surface area contributed by atoms with Gasteiger partial charge in [0, 0.05) is 29.9 Å². The minimum Gasteiger partial charge on any atom is -0.508 e. The highest BCUT2D eigenvalue weighted by atomic mass is 16.4. The third kappa shape index (κ3) is 8.54. The Morgan fingerprint density at radius 1 is 0.857 bits per heavy atom. The van der Waals surface area contributed by atoms with E-state index in [1.165, 1.54) is 12.1 Å². The van der Waals surface area contributed by atoms with Crippen molar-refractivity contribution in [1.82, 2.24) is 20.9 Å². The highest BCUT2D eigenvalue weighted by Crippen LogP contribution is 2.20. The number of carbonyl (C=O) groups excluding carboxylic acids is 4. The first-order chi connectivity index (χ1) is 19.8. The van der Waals surface area contributed by atoms with Crippen LogP contribution in [0.4, 0.5) is 0 Å². The van der Waals surface area contributed by atoms with Crippen LogP contribution in [-0.4, -0.2) is 69.0 Å². The van der Waals surface area contributed by atoms with Gasteiger partial charge in [0.15, 0.2) is 0 Å². The first-order valence-corrected chi connectivity index (χ1v) is 13.4. The number of aromatic amines is 1. The average Bonchev–Trinajstić information content (AvgIpc) is 3.33. The first-order valence-electron chi connectivity index (χ1n) is 13.4. The van der Waals surface area contributed by atoms with Crippen molar-refractivity contribution in [2.24, 2.45) is 17.4 Å². The Morgan fingerprint density at radius 2 is 1.45 bits per heavy atom. The van der Waals surface area contributed by atoms with Crippen molar-refractivity contribution in [2.45, 2.75) is 57.3 Å². The van der Waals surface area contributed by atoms with Gasteiger partial charge in [0.1, 0.15) is 23.9 Å². The molecule has 1 heterocycles. The molecule has 0 fully saturated rings. The Morgan fingerprint density at radius 3 is 2.07 bits per heavy atom. The maximum atomic E-state index is 13.7. The Kier molecular flexibility index (Phi) is 10.6. The number of carbonyl (C=O) groups is 5. The molecule has 0 aliphatic rings. The summed E-state index contributed by atoms with van der Waals surface area (Å²) in [6, 6.07) is 8.31. The van der Waals surface area contributed by atoms with E-state index in [0.717, 1.165) is 10.9 Å². The van der Waals surface area contributed by atoms with Crippen LogP contribution in [0.3, 0.4) is 0 Å². The number of nitrogens with one attached hydrogen (secondary N) is 4. The van der Waals surface area contributed by atoms with Gasteiger partial charge in [-0.3, -0.25) is 19.2 Å². The number of nitrogens with two attached hydrogens (primary N) is 2. The van der Waals surface area contributed by atoms with Crippen molar-refractivity contribution < 1.29 is 34.2 Å². The third-order valence-corrected chi connectivity index (χ3v) is 6.73. The van der Waals surface area contributed by atoms with Crippen molar-refractivity contribution in [1.29, 1.82) is 0 Å². The molecule has 0 saturated heterocycles. The molecule has 1 aromatic heterocycles. The van der Waals surface area contributed by atoms with E-state index in [1.54, 1.807) is 32.2 Å². The van der Waals surface area contributed by atoms with Gasteiger partial charge < -0.3 is 42.6 Å². The normalized spacial score (nSPS) is 14.0. The standard InChI is InChI=1S/C29H36N6O7/c1-15(2)25(29(41)42)35-28(40)22(11-16-7-9-18(36)10-8-16)34-27(39)23(33-26(38)20(30)13-24(31)37)12-17-14-32-21-6-4-3-5-19(17)21/h3-10,14-15,20,22-23,25,32,36H,11-13,30H2,1-2H3,(H2,31,37)(H,33,38)(H,34,39)(H,35,40)(H,41,42). The highest BCUT2D eigenvalue weighted by molar-refractivity contribution is 5.96. The van der Waals surface area contributed by atoms with Gasteiger partial charge in [-0.1, -0.05) is 44.2 Å². The number of carboxylic acid groups (broad SMARTS) is 1. The number of phenols is 1. The number of rotatable bonds is 14. The molecule has 4 atom stereocenters. The van der Waals surface area contributed by atoms with Crippen LogP contribution >= 0.6 is 0 Å². The number of aromatic nitrogens is 1. The summed E-state index contributed by atoms with van der Waals surface area (Å²) in [5, 5.41) is 27.7. The van der Waals surface area contributed by atoms with Gasteiger partial charge in [0.05, 0.1) is 12.5 Å². The fraction of sp³-hybridized carbons (Fsp3) is 0.345. The molecule has 0 aliphatic carbocycles. The second kappa shape index (κ2) is 14.1. The predicted octanol–water partition coefficient (Wildman–Crippen LogP) is 0.0564. The molecule has 0 spiro atoms. The molecule has 0 bridgehead atoms. The van der Waals surface area contributed by atoms with E-state index in [-0.39, 0.29) is 18.6 Å². The molecule has 4 amide bonds. The van der Waals surface area contributed by atoms with Crippen LogP contribution in [0.15, 0.2) is 54.7 Å². The number of hydrogen-bond donors (Lipinski definition) is 8. The smallest absolute Gasteiger partial charge is 0.326 e. The fourth-order valence-electron chi connectivity index (χ4n) is 4.43. The number of phenolic OH excluding ortho intramolecular Hbond substituents is 1. The summed E-state index contributed by atoms with van der Waals surface area (Å²) < 4.78 is 0. The van der Waals surface area contributed by atoms with Crippen LogP contribution in [0.2, 0.25) is 0 Å². The van der Waals surface area contributed by atoms with Gasteiger partial charge in [-0.25, -0.2) is 4.79 Å². The van der Waals surface area contributed by atoms with Gasteiger partial charge in [-0.2, -0.15) is 0 Å². The predicted molar refractivity (Wildman–Crippen MR) is 154 cm³/mol. The molecule has 0 aliphatic heterocycles. The molecule has 2 aromatic carbocycles. The number of benzene rings is 2. The SMILES string of the molecule is CC(C)C(NC(=O)C(Cc1ccc(O)cc1)NC(=O)C(Cc1c[nH]c2ccccc12)NC(=O)C(N)CC(N)=O)C(=O)O. The zero-order chi connectivity index (χ0) is 31.0. The maximum absolute atomic E-state index is 13.7. The van der Waals surface area contributed by atoms with E-state index < -0.39 is 66.1 Å². The minimum absolute atomic E-state index is 0.00215. The zero-order valence-corrected chi connectivity index (χ0v) is 23.3. The van der Waals surface area contributed by atoms with Crippen LogP contribution in [-0.2, 0) is 36.8 Å². The molecule has 0 radical (unpaired) electrons. The molecule has 13 heteroatoms. The van der Waals surface area contributed by atoms with Crippen LogP contribution in [0, 0.1) is 5.92 Å². The topological polar surface area (TPSA) is 230 Å². The lowest BCUT2D eigenvalue weighted by molar-refractivity contribution is -0.143. The molecule has 224 valence electrons. The molecule has 3 aromatic rings. The minimum atomic E-state index is -1.31. The molecule has 4 unspecified atom stereocenters. The number of aromatic hydroxyl groups is 1. The lowest BCUT2D eigenvalue weighted by Crippen LogP contribution is -2.58. The first kappa shape index (κ1) is 31.6. The fourth-order valence-corrected chi connectivity index (χ4v) is 4.43. The van der Waals surface area contributed by atoms with Crippen molar-refractivity contribution in [3.05, 3.63) is 65.9 Å². The lowest BCUT2D eigenvalue weighted by atomic mass is 10.00. The second-order valence-electron chi connectivity index (χ2n) is 10.4. The molecular formula is C29H36N6O7. The van der Waals surface area contributed by atoms with E-state index in [9.17, 15) is 34.2 Å². The van der Waals surface area contributed by atoms with Crippen molar-refractivity contribution in [2.75, 3.05) is 0 Å². The Labute approximate surface area is 242 Å². The summed E-state index contributed by atoms with van der Waals surface area (Å²) in [6.45, 7) is 3.27. The molecule has 13 nitrogen and oxygen atoms in total. The monoisotopic (exact) mass is 580 g/mol. The third-order valence-electron chi connectivity index (χ3n) is 6.73. The summed E-state index contributed by atoms with van der Waals surface area (Å²) in [4.78, 5) is 66.0. The molecular weight excluding hydrogens is 544 g/mol. The molecule has 0 saturated carbocycles. The summed E-state index contributed by atoms with van der Waals surface area (Å²) in [5.41, 5.74) is 13.1. The lowest BCUT2D eigenvalue weighted by Gasteiger charge is -2.26. The van der Waals surface area contributed by atoms with Crippen LogP contribution in [0.25, 0.3) is 10.9 Å². The van der Waals surface area contributed by atoms with Crippen molar-refractivity contribution >= 4 is 40.5 Å². The van der Waals surface area contributed by atoms with Crippen molar-refractivity contribution in [3.8, 4) is 5.75 Å². The van der Waals surface area contributed by atoms with Crippen molar-refractivity contribution in [3.63, 3.8) is 0 Å². The van der Waals surface area contributed by atoms with Gasteiger partial charge in [-0.15, -0.1) is 0 Å². The van der Waals surface area contributed by atoms with E-state index in [2.05, 4.69) is 20.9 Å². The number of primary amides is 1. The largest absolute Gasteiger partial charge is 0.508 e. The van der Waals surface area contributed by atoms with E-state index >= 15 is 0 Å². The Hall–Kier alpha value is -4.91. The van der Waals surface area contributed by atoms with Gasteiger partial charge in [0.25, 0.3) is 0 Å². The summed E-state index contributed by atoms with van der Waals surface area (Å²) in [6.07, 6.45) is 1.21. The number of H-pyrrole nitrogens is 1. The summed E-state index contributed by atoms with van der Waals surface area (Å²) in [5.74, 6) is -4.75. The number of carboxylic acids is 1. The number of para-hydroxylation sites is 1. The van der Waals surface area contributed by atoms with E-state index in [1.807, 2.05) is 24.3 Å². The molecule has 42 heavy (non-hydrogen) atoms. The van der Waals surface area contributed by atoms with Crippen LogP contribution < -0.4 is 27.4 Å². The van der Waals surface area contributed by atoms with E-state index in [0.29, 0.717) is 11.1 Å². The number of hydrogen-bond acceptors (Lipinski definition) is 7. The van der Waals surface area contributed by atoms with E-state index in [4.69, 9.17) is 11.5 Å². The summed E-state index contributed by atoms with van der Waals surface area (Å²) in [7, 11) is 0. The van der Waals surface area contributed by atoms with Gasteiger partial charge in [-0.05, 0) is 35.2 Å². The quantitative estimate of drug-likeness (QED) is 0.130. The number of aliphatic carboxylic acids is 1. The van der Waals surface area contributed by atoms with Crippen LogP contribution in [0.5, 0.6) is 5.75 Å². The molecule has 10 N–H and O–H groups in total. The number of amides is 4. The summed E-state index contributed by atoms with van der Waals surface area (Å²) >= 11 is 0. The van der Waals surface area contributed by atoms with Crippen LogP contribution in [0.1, 0.15) is 31.4 Å². The maximum Gasteiger partial charge on any atom is 0.326 e. The Balaban J connectivity index is 1.91. The van der Waals surface area contributed by atoms with Gasteiger partial charge >= 0.3 is 5.97 Å². The zero-order valence-electron chi connectivity index (χ0n) is 23.3. The second-order valence-corrected chi connectivity index (χ2v) is 10.4. The molecule has 3 rings (SSSR count). The average molecular weight is 581 g/mol. The van der Waals surface area contributed by atoms with Gasteiger partial charge in [0.2, 0.25) is 23.6 Å². The highest BCUT2D eigenvalue weighted by Gasteiger charge is 2.32. The Bertz CT molecular complexity index is 1440.